The van der Waals surface area contributed by atoms with Crippen molar-refractivity contribution in [2.45, 2.75) is 26.3 Å². The molecule has 27 heavy (non-hydrogen) atoms. The third kappa shape index (κ3) is 5.67. The summed E-state index contributed by atoms with van der Waals surface area (Å²) in [5, 5.41) is 7.69. The first kappa shape index (κ1) is 20.7. The summed E-state index contributed by atoms with van der Waals surface area (Å²) >= 11 is 0. The number of rotatable bonds is 7. The second-order valence-electron chi connectivity index (χ2n) is 6.62. The maximum Gasteiger partial charge on any atom is 0.193 e. The highest BCUT2D eigenvalue weighted by molar-refractivity contribution is 5.79. The van der Waals surface area contributed by atoms with E-state index in [0.29, 0.717) is 25.0 Å². The Morgan fingerprint density at radius 2 is 2.11 bits per heavy atom. The third-order valence-corrected chi connectivity index (χ3v) is 4.00. The molecule has 0 aliphatic rings. The van der Waals surface area contributed by atoms with Crippen LogP contribution in [0.4, 0.5) is 8.78 Å². The van der Waals surface area contributed by atoms with Crippen LogP contribution in [0.2, 0.25) is 0 Å². The zero-order valence-corrected chi connectivity index (χ0v) is 16.5. The van der Waals surface area contributed by atoms with Crippen LogP contribution in [0.5, 0.6) is 5.75 Å². The number of aryl methyl sites for hydroxylation is 1. The van der Waals surface area contributed by atoms with Crippen molar-refractivity contribution in [1.29, 1.82) is 0 Å². The van der Waals surface area contributed by atoms with E-state index in [2.05, 4.69) is 29.3 Å². The van der Waals surface area contributed by atoms with Crippen LogP contribution in [0.25, 0.3) is 0 Å². The minimum absolute atomic E-state index is 0.0264. The molecule has 8 heteroatoms. The summed E-state index contributed by atoms with van der Waals surface area (Å²) in [5.41, 5.74) is 2.21. The van der Waals surface area contributed by atoms with Crippen LogP contribution >= 0.6 is 0 Å². The van der Waals surface area contributed by atoms with Gasteiger partial charge in [0.2, 0.25) is 0 Å². The van der Waals surface area contributed by atoms with Crippen molar-refractivity contribution in [3.8, 4) is 5.75 Å². The van der Waals surface area contributed by atoms with E-state index in [-0.39, 0.29) is 12.4 Å². The molecule has 1 heterocycles. The minimum atomic E-state index is -0.714. The van der Waals surface area contributed by atoms with Gasteiger partial charge in [-0.2, -0.15) is 5.10 Å². The number of guanidine groups is 1. The molecule has 1 N–H and O–H groups in total. The van der Waals surface area contributed by atoms with Gasteiger partial charge in [0.15, 0.2) is 17.5 Å². The zero-order valence-electron chi connectivity index (χ0n) is 16.5. The molecule has 0 bridgehead atoms. The van der Waals surface area contributed by atoms with Crippen LogP contribution in [0, 0.1) is 11.6 Å². The predicted molar refractivity (Wildman–Crippen MR) is 102 cm³/mol. The van der Waals surface area contributed by atoms with Crippen LogP contribution in [-0.4, -0.2) is 47.9 Å². The van der Waals surface area contributed by atoms with Crippen LogP contribution in [0.1, 0.15) is 31.0 Å². The molecule has 6 nitrogen and oxygen atoms in total. The maximum absolute atomic E-state index is 13.6. The Kier molecular flexibility index (Phi) is 7.15. The van der Waals surface area contributed by atoms with Crippen molar-refractivity contribution >= 4 is 5.96 Å². The standard InChI is InChI=1S/C19H27F2N5O/c1-13(2)18-14(12-26(5)24-18)11-25(4)19(22-3)23-8-9-27-17-7-6-15(20)10-16(17)21/h6-7,10,12-13H,8-9,11H2,1-5H3,(H,22,23). The largest absolute Gasteiger partial charge is 0.489 e. The molecular weight excluding hydrogens is 352 g/mol. The first-order valence-electron chi connectivity index (χ1n) is 8.83. The van der Waals surface area contributed by atoms with E-state index in [0.717, 1.165) is 17.3 Å². The van der Waals surface area contributed by atoms with Gasteiger partial charge < -0.3 is 15.0 Å². The van der Waals surface area contributed by atoms with Gasteiger partial charge in [0.05, 0.1) is 12.2 Å². The lowest BCUT2D eigenvalue weighted by Gasteiger charge is -2.22. The number of hydrogen-bond donors (Lipinski definition) is 1. The molecule has 0 aliphatic carbocycles. The smallest absolute Gasteiger partial charge is 0.193 e. The number of hydrogen-bond acceptors (Lipinski definition) is 3. The molecule has 0 spiro atoms. The first-order chi connectivity index (χ1) is 12.8. The third-order valence-electron chi connectivity index (χ3n) is 4.00. The van der Waals surface area contributed by atoms with E-state index in [9.17, 15) is 8.78 Å². The summed E-state index contributed by atoms with van der Waals surface area (Å²) in [5.74, 6) is -0.288. The van der Waals surface area contributed by atoms with Gasteiger partial charge >= 0.3 is 0 Å². The lowest BCUT2D eigenvalue weighted by molar-refractivity contribution is 0.302. The average Bonchev–Trinajstić information content (AvgIpc) is 2.97. The van der Waals surface area contributed by atoms with Gasteiger partial charge in [0, 0.05) is 45.5 Å². The lowest BCUT2D eigenvalue weighted by Crippen LogP contribution is -2.40. The van der Waals surface area contributed by atoms with Gasteiger partial charge in [0.25, 0.3) is 0 Å². The molecule has 2 aromatic rings. The highest BCUT2D eigenvalue weighted by atomic mass is 19.1. The van der Waals surface area contributed by atoms with Gasteiger partial charge in [-0.1, -0.05) is 13.8 Å². The number of benzene rings is 1. The number of aliphatic imine (C=N–C) groups is 1. The topological polar surface area (TPSA) is 54.7 Å². The molecule has 0 aliphatic heterocycles. The SMILES string of the molecule is CN=C(NCCOc1ccc(F)cc1F)N(C)Cc1cn(C)nc1C(C)C. The molecule has 148 valence electrons. The molecule has 0 saturated heterocycles. The van der Waals surface area contributed by atoms with Crippen molar-refractivity contribution in [1.82, 2.24) is 20.0 Å². The predicted octanol–water partition coefficient (Wildman–Crippen LogP) is 2.91. The summed E-state index contributed by atoms with van der Waals surface area (Å²) in [6, 6.07) is 3.25. The first-order valence-corrected chi connectivity index (χ1v) is 8.83. The molecule has 0 atom stereocenters. The van der Waals surface area contributed by atoms with Gasteiger partial charge in [-0.15, -0.1) is 0 Å². The van der Waals surface area contributed by atoms with E-state index in [1.54, 1.807) is 7.05 Å². The normalized spacial score (nSPS) is 11.8. The molecule has 0 fully saturated rings. The van der Waals surface area contributed by atoms with Crippen molar-refractivity contribution in [2.24, 2.45) is 12.0 Å². The van der Waals surface area contributed by atoms with Crippen LogP contribution < -0.4 is 10.1 Å². The van der Waals surface area contributed by atoms with Crippen molar-refractivity contribution < 1.29 is 13.5 Å². The summed E-state index contributed by atoms with van der Waals surface area (Å²) in [6.07, 6.45) is 2.01. The molecule has 1 aromatic heterocycles. The summed E-state index contributed by atoms with van der Waals surface area (Å²) < 4.78 is 33.6. The van der Waals surface area contributed by atoms with Crippen molar-refractivity contribution in [2.75, 3.05) is 27.2 Å². The monoisotopic (exact) mass is 379 g/mol. The number of aromatic nitrogens is 2. The maximum atomic E-state index is 13.6. The minimum Gasteiger partial charge on any atom is -0.489 e. The van der Waals surface area contributed by atoms with E-state index >= 15 is 0 Å². The quantitative estimate of drug-likeness (QED) is 0.457. The molecule has 0 unspecified atom stereocenters. The lowest BCUT2D eigenvalue weighted by atomic mass is 10.1. The Morgan fingerprint density at radius 3 is 2.74 bits per heavy atom. The van der Waals surface area contributed by atoms with Gasteiger partial charge in [0.1, 0.15) is 12.4 Å². The summed E-state index contributed by atoms with van der Waals surface area (Å²) in [7, 11) is 5.55. The Hall–Kier alpha value is -2.64. The molecular formula is C19H27F2N5O. The number of nitrogens with one attached hydrogen (secondary N) is 1. The molecule has 1 aromatic carbocycles. The Balaban J connectivity index is 1.87. The number of halogens is 2. The Labute approximate surface area is 158 Å². The van der Waals surface area contributed by atoms with Gasteiger partial charge in [-0.3, -0.25) is 9.67 Å². The van der Waals surface area contributed by atoms with E-state index in [4.69, 9.17) is 4.74 Å². The van der Waals surface area contributed by atoms with E-state index < -0.39 is 11.6 Å². The van der Waals surface area contributed by atoms with Crippen molar-refractivity contribution in [3.05, 3.63) is 47.3 Å². The van der Waals surface area contributed by atoms with Gasteiger partial charge in [-0.05, 0) is 18.1 Å². The number of nitrogens with zero attached hydrogens (tertiary/aromatic N) is 4. The molecule has 2 rings (SSSR count). The summed E-state index contributed by atoms with van der Waals surface area (Å²) in [6.45, 7) is 5.54. The molecule has 0 radical (unpaired) electrons. The van der Waals surface area contributed by atoms with Crippen LogP contribution in [0.3, 0.4) is 0 Å². The Bertz CT molecular complexity index is 788. The average molecular weight is 379 g/mol. The van der Waals surface area contributed by atoms with E-state index in [1.807, 2.05) is 29.9 Å². The highest BCUT2D eigenvalue weighted by Gasteiger charge is 2.15. The van der Waals surface area contributed by atoms with Gasteiger partial charge in [-0.25, -0.2) is 8.78 Å². The number of ether oxygens (including phenoxy) is 1. The fraction of sp³-hybridized carbons (Fsp3) is 0.474. The zero-order chi connectivity index (χ0) is 20.0. The second-order valence-corrected chi connectivity index (χ2v) is 6.62. The fourth-order valence-corrected chi connectivity index (χ4v) is 2.79. The van der Waals surface area contributed by atoms with Crippen LogP contribution in [-0.2, 0) is 13.6 Å². The fourth-order valence-electron chi connectivity index (χ4n) is 2.79. The molecule has 0 amide bonds. The Morgan fingerprint density at radius 1 is 1.37 bits per heavy atom. The van der Waals surface area contributed by atoms with Crippen LogP contribution in [0.15, 0.2) is 29.4 Å². The van der Waals surface area contributed by atoms with Crippen molar-refractivity contribution in [3.63, 3.8) is 0 Å². The van der Waals surface area contributed by atoms with E-state index in [1.165, 1.54) is 12.1 Å². The highest BCUT2D eigenvalue weighted by Crippen LogP contribution is 2.19. The summed E-state index contributed by atoms with van der Waals surface area (Å²) in [4.78, 5) is 6.25. The molecule has 0 saturated carbocycles. The second kappa shape index (κ2) is 9.34.